The summed E-state index contributed by atoms with van der Waals surface area (Å²) in [4.78, 5) is 16.3. The first-order valence-corrected chi connectivity index (χ1v) is 10.2. The van der Waals surface area contributed by atoms with Gasteiger partial charge in [0.05, 0.1) is 18.4 Å². The van der Waals surface area contributed by atoms with E-state index in [2.05, 4.69) is 15.4 Å². The molecule has 0 saturated carbocycles. The minimum absolute atomic E-state index is 0.00805. The third-order valence-electron chi connectivity index (χ3n) is 5.08. The van der Waals surface area contributed by atoms with Crippen molar-refractivity contribution in [3.63, 3.8) is 0 Å². The minimum atomic E-state index is -0.286. The third kappa shape index (κ3) is 5.22. The number of hydrogen-bond donors (Lipinski definition) is 1. The van der Waals surface area contributed by atoms with Crippen molar-refractivity contribution in [2.75, 3.05) is 6.54 Å². The summed E-state index contributed by atoms with van der Waals surface area (Å²) in [5, 5.41) is 7.50. The molecule has 0 spiro atoms. The minimum Gasteiger partial charge on any atom is -0.354 e. The van der Waals surface area contributed by atoms with E-state index < -0.39 is 0 Å². The van der Waals surface area contributed by atoms with Gasteiger partial charge in [0.15, 0.2) is 0 Å². The molecule has 2 aromatic carbocycles. The van der Waals surface area contributed by atoms with Gasteiger partial charge in [-0.2, -0.15) is 5.10 Å². The van der Waals surface area contributed by atoms with Gasteiger partial charge >= 0.3 is 0 Å². The van der Waals surface area contributed by atoms with Crippen molar-refractivity contribution in [1.29, 1.82) is 0 Å². The zero-order chi connectivity index (χ0) is 21.5. The van der Waals surface area contributed by atoms with Gasteiger partial charge in [-0.25, -0.2) is 4.39 Å². The molecule has 5 nitrogen and oxygen atoms in total. The number of amides is 1. The topological polar surface area (TPSA) is 59.8 Å². The molecule has 1 amide bonds. The summed E-state index contributed by atoms with van der Waals surface area (Å²) in [6.07, 6.45) is 6.41. The normalized spacial score (nSPS) is 10.7. The first-order chi connectivity index (χ1) is 15.2. The molecule has 0 saturated heterocycles. The van der Waals surface area contributed by atoms with Crippen molar-refractivity contribution in [3.8, 4) is 22.4 Å². The Labute approximate surface area is 180 Å². The number of rotatable bonds is 8. The van der Waals surface area contributed by atoms with E-state index in [9.17, 15) is 9.18 Å². The van der Waals surface area contributed by atoms with E-state index in [-0.39, 0.29) is 11.7 Å². The van der Waals surface area contributed by atoms with Crippen LogP contribution in [0.15, 0.2) is 85.3 Å². The summed E-state index contributed by atoms with van der Waals surface area (Å²) in [5.74, 6) is -0.278. The Balaban J connectivity index is 1.46. The molecule has 0 atom stereocenters. The number of hydrogen-bond acceptors (Lipinski definition) is 3. The lowest BCUT2D eigenvalue weighted by Gasteiger charge is -2.11. The summed E-state index contributed by atoms with van der Waals surface area (Å²) in [6.45, 7) is 0.966. The SMILES string of the molecule is O=C(CCc1ccccc1)NCCn1ncc(-c2ccncc2)c1-c1ccc(F)cc1. The lowest BCUT2D eigenvalue weighted by Crippen LogP contribution is -2.27. The number of aryl methyl sites for hydroxylation is 1. The van der Waals surface area contributed by atoms with Crippen molar-refractivity contribution in [2.45, 2.75) is 19.4 Å². The molecule has 0 radical (unpaired) electrons. The highest BCUT2D eigenvalue weighted by Gasteiger charge is 2.15. The van der Waals surface area contributed by atoms with Crippen LogP contribution in [0, 0.1) is 5.82 Å². The lowest BCUT2D eigenvalue weighted by molar-refractivity contribution is -0.121. The van der Waals surface area contributed by atoms with Crippen molar-refractivity contribution in [2.24, 2.45) is 0 Å². The molecule has 0 aliphatic carbocycles. The van der Waals surface area contributed by atoms with Crippen molar-refractivity contribution in [1.82, 2.24) is 20.1 Å². The highest BCUT2D eigenvalue weighted by molar-refractivity contribution is 5.80. The van der Waals surface area contributed by atoms with Crippen molar-refractivity contribution < 1.29 is 9.18 Å². The van der Waals surface area contributed by atoms with Crippen LogP contribution in [-0.4, -0.2) is 27.2 Å². The van der Waals surface area contributed by atoms with Crippen molar-refractivity contribution >= 4 is 5.91 Å². The van der Waals surface area contributed by atoms with Gasteiger partial charge in [-0.05, 0) is 53.9 Å². The molecule has 0 fully saturated rings. The molecular weight excluding hydrogens is 391 g/mol. The van der Waals surface area contributed by atoms with Gasteiger partial charge < -0.3 is 5.32 Å². The average molecular weight is 414 g/mol. The first-order valence-electron chi connectivity index (χ1n) is 10.2. The number of benzene rings is 2. The van der Waals surface area contributed by atoms with E-state index in [0.717, 1.165) is 27.9 Å². The Morgan fingerprint density at radius 1 is 0.935 bits per heavy atom. The molecular formula is C25H23FN4O. The number of halogens is 1. The van der Waals surface area contributed by atoms with E-state index in [1.165, 1.54) is 12.1 Å². The monoisotopic (exact) mass is 414 g/mol. The quantitative estimate of drug-likeness (QED) is 0.462. The summed E-state index contributed by atoms with van der Waals surface area (Å²) in [6, 6.07) is 20.1. The van der Waals surface area contributed by atoms with Crippen LogP contribution in [0.2, 0.25) is 0 Å². The number of aromatic nitrogens is 3. The van der Waals surface area contributed by atoms with E-state index in [0.29, 0.717) is 25.9 Å². The summed E-state index contributed by atoms with van der Waals surface area (Å²) in [7, 11) is 0. The fraction of sp³-hybridized carbons (Fsp3) is 0.160. The maximum atomic E-state index is 13.5. The first kappa shape index (κ1) is 20.5. The molecule has 4 aromatic rings. The Kier molecular flexibility index (Phi) is 6.47. The summed E-state index contributed by atoms with van der Waals surface area (Å²) in [5.41, 5.74) is 4.80. The molecule has 0 bridgehead atoms. The number of nitrogens with zero attached hydrogens (tertiary/aromatic N) is 3. The third-order valence-corrected chi connectivity index (χ3v) is 5.08. The second-order valence-corrected chi connectivity index (χ2v) is 7.21. The van der Waals surface area contributed by atoms with Crippen LogP contribution >= 0.6 is 0 Å². The second-order valence-electron chi connectivity index (χ2n) is 7.21. The molecule has 6 heteroatoms. The molecule has 156 valence electrons. The highest BCUT2D eigenvalue weighted by atomic mass is 19.1. The molecule has 0 unspecified atom stereocenters. The number of pyridine rings is 1. The van der Waals surface area contributed by atoms with Crippen molar-refractivity contribution in [3.05, 3.63) is 96.7 Å². The number of nitrogens with one attached hydrogen (secondary N) is 1. The maximum absolute atomic E-state index is 13.5. The molecule has 0 aliphatic heterocycles. The molecule has 2 aromatic heterocycles. The van der Waals surface area contributed by atoms with E-state index >= 15 is 0 Å². The van der Waals surface area contributed by atoms with Crippen LogP contribution in [0.25, 0.3) is 22.4 Å². The largest absolute Gasteiger partial charge is 0.354 e. The Morgan fingerprint density at radius 2 is 1.68 bits per heavy atom. The second kappa shape index (κ2) is 9.80. The van der Waals surface area contributed by atoms with Gasteiger partial charge in [-0.15, -0.1) is 0 Å². The molecule has 0 aliphatic rings. The fourth-order valence-corrected chi connectivity index (χ4v) is 3.50. The molecule has 4 rings (SSSR count). The number of carbonyl (C=O) groups is 1. The molecule has 31 heavy (non-hydrogen) atoms. The predicted molar refractivity (Wildman–Crippen MR) is 119 cm³/mol. The lowest BCUT2D eigenvalue weighted by atomic mass is 10.0. The predicted octanol–water partition coefficient (Wildman–Crippen LogP) is 4.50. The van der Waals surface area contributed by atoms with Gasteiger partial charge in [-0.1, -0.05) is 30.3 Å². The standard InChI is InChI=1S/C25H23FN4O/c26-22-9-7-21(8-10-22)25-23(20-12-14-27-15-13-20)18-29-30(25)17-16-28-24(31)11-6-19-4-2-1-3-5-19/h1-5,7-10,12-15,18H,6,11,16-17H2,(H,28,31). The molecule has 1 N–H and O–H groups in total. The average Bonchev–Trinajstić information content (AvgIpc) is 3.23. The van der Waals surface area contributed by atoms with Crippen LogP contribution < -0.4 is 5.32 Å². The van der Waals surface area contributed by atoms with E-state index in [1.807, 2.05) is 47.1 Å². The van der Waals surface area contributed by atoms with Crippen LogP contribution in [0.3, 0.4) is 0 Å². The fourth-order valence-electron chi connectivity index (χ4n) is 3.50. The van der Waals surface area contributed by atoms with Gasteiger partial charge in [0, 0.05) is 36.5 Å². The van der Waals surface area contributed by atoms with Gasteiger partial charge in [0.25, 0.3) is 0 Å². The zero-order valence-electron chi connectivity index (χ0n) is 17.0. The van der Waals surface area contributed by atoms with Gasteiger partial charge in [0.1, 0.15) is 5.82 Å². The molecule has 2 heterocycles. The van der Waals surface area contributed by atoms with Gasteiger partial charge in [-0.3, -0.25) is 14.5 Å². The highest BCUT2D eigenvalue weighted by Crippen LogP contribution is 2.31. The van der Waals surface area contributed by atoms with E-state index in [1.54, 1.807) is 30.7 Å². The number of carbonyl (C=O) groups excluding carboxylic acids is 1. The Bertz CT molecular complexity index is 1130. The van der Waals surface area contributed by atoms with Crippen LogP contribution in [0.1, 0.15) is 12.0 Å². The van der Waals surface area contributed by atoms with Gasteiger partial charge in [0.2, 0.25) is 5.91 Å². The summed E-state index contributed by atoms with van der Waals surface area (Å²) < 4.78 is 15.3. The Hall–Kier alpha value is -3.80. The van der Waals surface area contributed by atoms with Crippen LogP contribution in [0.4, 0.5) is 4.39 Å². The Morgan fingerprint density at radius 3 is 2.42 bits per heavy atom. The van der Waals surface area contributed by atoms with E-state index in [4.69, 9.17) is 0 Å². The van der Waals surface area contributed by atoms with Crippen LogP contribution in [0.5, 0.6) is 0 Å². The van der Waals surface area contributed by atoms with Crippen LogP contribution in [-0.2, 0) is 17.8 Å². The zero-order valence-corrected chi connectivity index (χ0v) is 17.0. The summed E-state index contributed by atoms with van der Waals surface area (Å²) >= 11 is 0. The smallest absolute Gasteiger partial charge is 0.220 e. The maximum Gasteiger partial charge on any atom is 0.220 e.